The van der Waals surface area contributed by atoms with E-state index >= 15 is 0 Å². The van der Waals surface area contributed by atoms with Crippen molar-refractivity contribution in [3.05, 3.63) is 34.1 Å². The summed E-state index contributed by atoms with van der Waals surface area (Å²) in [5, 5.41) is 3.43. The summed E-state index contributed by atoms with van der Waals surface area (Å²) in [4.78, 5) is 0. The fraction of sp³-hybridized carbons (Fsp3) is 0.647. The second-order valence-corrected chi connectivity index (χ2v) is 7.11. The number of hydrogen-bond donors (Lipinski definition) is 1. The molecule has 1 fully saturated rings. The van der Waals surface area contributed by atoms with E-state index in [4.69, 9.17) is 4.74 Å². The first-order chi connectivity index (χ1) is 10.0. The Hall–Kier alpha value is -0.450. The Labute approximate surface area is 135 Å². The number of methoxy groups -OCH3 is 1. The lowest BCUT2D eigenvalue weighted by molar-refractivity contribution is -0.0775. The number of hydrogen-bond acceptors (Lipinski definition) is 2. The van der Waals surface area contributed by atoms with Gasteiger partial charge in [-0.15, -0.1) is 0 Å². The normalized spacial score (nSPS) is 27.6. The molecule has 1 N–H and O–H groups in total. The van der Waals surface area contributed by atoms with Crippen molar-refractivity contribution in [1.82, 2.24) is 5.32 Å². The average molecular weight is 358 g/mol. The number of rotatable bonds is 5. The molecule has 1 aromatic rings. The summed E-state index contributed by atoms with van der Waals surface area (Å²) >= 11 is 3.47. The Morgan fingerprint density at radius 3 is 2.86 bits per heavy atom. The van der Waals surface area contributed by atoms with Gasteiger partial charge in [-0.1, -0.05) is 41.8 Å². The minimum Gasteiger partial charge on any atom is -0.377 e. The fourth-order valence-electron chi connectivity index (χ4n) is 3.65. The van der Waals surface area contributed by atoms with Gasteiger partial charge in [0.05, 0.1) is 5.60 Å². The molecule has 0 heterocycles. The molecular weight excluding hydrogens is 333 g/mol. The second-order valence-electron chi connectivity index (χ2n) is 6.25. The molecule has 21 heavy (non-hydrogen) atoms. The third kappa shape index (κ3) is 3.85. The smallest absolute Gasteiger partial charge is 0.124 e. The summed E-state index contributed by atoms with van der Waals surface area (Å²) in [6.45, 7) is 2.30. The number of nitrogens with one attached hydrogen (secondary N) is 1. The Balaban J connectivity index is 2.21. The van der Waals surface area contributed by atoms with Crippen molar-refractivity contribution in [3.63, 3.8) is 0 Å². The molecule has 3 atom stereocenters. The van der Waals surface area contributed by atoms with Crippen LogP contribution in [0.2, 0.25) is 0 Å². The summed E-state index contributed by atoms with van der Waals surface area (Å²) in [5.41, 5.74) is 0.991. The number of benzene rings is 1. The molecule has 0 amide bonds. The summed E-state index contributed by atoms with van der Waals surface area (Å²) < 4.78 is 20.1. The second kappa shape index (κ2) is 7.21. The highest BCUT2D eigenvalue weighted by Crippen LogP contribution is 2.38. The van der Waals surface area contributed by atoms with E-state index in [0.29, 0.717) is 5.92 Å². The lowest BCUT2D eigenvalue weighted by Gasteiger charge is -2.44. The van der Waals surface area contributed by atoms with Crippen LogP contribution < -0.4 is 5.32 Å². The molecule has 118 valence electrons. The topological polar surface area (TPSA) is 21.3 Å². The molecule has 1 aliphatic rings. The third-order valence-corrected chi connectivity index (χ3v) is 5.56. The minimum absolute atomic E-state index is 0.125. The van der Waals surface area contributed by atoms with Gasteiger partial charge in [0.1, 0.15) is 5.82 Å². The van der Waals surface area contributed by atoms with E-state index in [1.807, 2.05) is 20.2 Å². The van der Waals surface area contributed by atoms with Crippen LogP contribution in [0.1, 0.15) is 38.2 Å². The molecule has 1 saturated carbocycles. The van der Waals surface area contributed by atoms with E-state index in [0.717, 1.165) is 29.3 Å². The minimum atomic E-state index is -0.209. The highest BCUT2D eigenvalue weighted by molar-refractivity contribution is 9.10. The van der Waals surface area contributed by atoms with Crippen LogP contribution in [0.15, 0.2) is 22.7 Å². The molecule has 0 radical (unpaired) electrons. The molecule has 0 spiro atoms. The Morgan fingerprint density at radius 2 is 2.29 bits per heavy atom. The van der Waals surface area contributed by atoms with Crippen LogP contribution in [-0.2, 0) is 11.2 Å². The highest BCUT2D eigenvalue weighted by Gasteiger charge is 2.41. The fourth-order valence-corrected chi connectivity index (χ4v) is 4.16. The van der Waals surface area contributed by atoms with Crippen molar-refractivity contribution < 1.29 is 9.13 Å². The Kier molecular flexibility index (Phi) is 5.81. The quantitative estimate of drug-likeness (QED) is 0.847. The van der Waals surface area contributed by atoms with Crippen LogP contribution in [-0.4, -0.2) is 25.8 Å². The van der Waals surface area contributed by atoms with Crippen molar-refractivity contribution in [2.45, 2.75) is 50.7 Å². The lowest BCUT2D eigenvalue weighted by Crippen LogP contribution is -2.54. The van der Waals surface area contributed by atoms with Gasteiger partial charge in [0.15, 0.2) is 0 Å². The van der Waals surface area contributed by atoms with Gasteiger partial charge in [-0.2, -0.15) is 0 Å². The maximum absolute atomic E-state index is 13.2. The summed E-state index contributed by atoms with van der Waals surface area (Å²) in [5.74, 6) is 0.477. The monoisotopic (exact) mass is 357 g/mol. The third-order valence-electron chi connectivity index (χ3n) is 4.82. The van der Waals surface area contributed by atoms with Gasteiger partial charge in [-0.3, -0.25) is 0 Å². The largest absolute Gasteiger partial charge is 0.377 e. The van der Waals surface area contributed by atoms with Crippen LogP contribution in [0, 0.1) is 11.7 Å². The van der Waals surface area contributed by atoms with Crippen molar-refractivity contribution in [3.8, 4) is 0 Å². The zero-order valence-electron chi connectivity index (χ0n) is 13.1. The Bertz CT molecular complexity index is 482. The van der Waals surface area contributed by atoms with Gasteiger partial charge in [0.25, 0.3) is 0 Å². The van der Waals surface area contributed by atoms with Crippen LogP contribution in [0.5, 0.6) is 0 Å². The van der Waals surface area contributed by atoms with Gasteiger partial charge in [0.2, 0.25) is 0 Å². The van der Waals surface area contributed by atoms with Crippen molar-refractivity contribution in [2.24, 2.45) is 5.92 Å². The average Bonchev–Trinajstić information content (AvgIpc) is 2.46. The van der Waals surface area contributed by atoms with Gasteiger partial charge < -0.3 is 10.1 Å². The van der Waals surface area contributed by atoms with E-state index in [2.05, 4.69) is 28.2 Å². The zero-order chi connectivity index (χ0) is 15.5. The molecule has 1 aliphatic carbocycles. The van der Waals surface area contributed by atoms with Crippen molar-refractivity contribution in [2.75, 3.05) is 14.2 Å². The van der Waals surface area contributed by atoms with Crippen molar-refractivity contribution >= 4 is 15.9 Å². The number of likely N-dealkylation sites (N-methyl/N-ethyl adjacent to an activating group) is 1. The zero-order valence-corrected chi connectivity index (χ0v) is 14.7. The van der Waals surface area contributed by atoms with Crippen LogP contribution in [0.4, 0.5) is 4.39 Å². The Morgan fingerprint density at radius 1 is 1.52 bits per heavy atom. The maximum Gasteiger partial charge on any atom is 0.124 e. The van der Waals surface area contributed by atoms with Crippen LogP contribution >= 0.6 is 15.9 Å². The van der Waals surface area contributed by atoms with Crippen molar-refractivity contribution in [1.29, 1.82) is 0 Å². The molecule has 3 unspecified atom stereocenters. The predicted octanol–water partition coefficient (Wildman–Crippen LogP) is 4.31. The maximum atomic E-state index is 13.2. The number of ether oxygens (including phenoxy) is 1. The summed E-state index contributed by atoms with van der Waals surface area (Å²) in [6, 6.07) is 5.15. The highest BCUT2D eigenvalue weighted by atomic mass is 79.9. The van der Waals surface area contributed by atoms with E-state index < -0.39 is 0 Å². The summed E-state index contributed by atoms with van der Waals surface area (Å²) in [6.07, 6.45) is 5.48. The number of halogens is 2. The van der Waals surface area contributed by atoms with E-state index in [9.17, 15) is 4.39 Å². The van der Waals surface area contributed by atoms with Gasteiger partial charge in [-0.25, -0.2) is 4.39 Å². The molecular formula is C17H25BrFNO. The predicted molar refractivity (Wildman–Crippen MR) is 88.0 cm³/mol. The van der Waals surface area contributed by atoms with Crippen LogP contribution in [0.3, 0.4) is 0 Å². The molecule has 2 rings (SSSR count). The molecule has 0 aromatic heterocycles. The molecule has 0 saturated heterocycles. The molecule has 1 aromatic carbocycles. The van der Waals surface area contributed by atoms with E-state index in [-0.39, 0.29) is 17.5 Å². The SMILES string of the molecule is CNC(Cc1ccc(F)cc1Br)C1(OC)CCCC(C)C1. The molecule has 0 bridgehead atoms. The first kappa shape index (κ1) is 16.9. The molecule has 0 aliphatic heterocycles. The van der Waals surface area contributed by atoms with Crippen LogP contribution in [0.25, 0.3) is 0 Å². The molecule has 2 nitrogen and oxygen atoms in total. The summed E-state index contributed by atoms with van der Waals surface area (Å²) in [7, 11) is 3.81. The van der Waals surface area contributed by atoms with Gasteiger partial charge in [0, 0.05) is 17.6 Å². The van der Waals surface area contributed by atoms with E-state index in [1.165, 1.54) is 25.0 Å². The van der Waals surface area contributed by atoms with E-state index in [1.54, 1.807) is 0 Å². The first-order valence-corrected chi connectivity index (χ1v) is 8.46. The lowest BCUT2D eigenvalue weighted by atomic mass is 9.73. The first-order valence-electron chi connectivity index (χ1n) is 7.67. The standard InChI is InChI=1S/C17H25BrFNO/c1-12-5-4-8-17(11-12,21-3)16(20-2)9-13-6-7-14(19)10-15(13)18/h6-7,10,12,16,20H,4-5,8-9,11H2,1-3H3. The van der Waals surface area contributed by atoms with Gasteiger partial charge in [-0.05, 0) is 49.9 Å². The molecule has 4 heteroatoms. The van der Waals surface area contributed by atoms with Gasteiger partial charge >= 0.3 is 0 Å².